The lowest BCUT2D eigenvalue weighted by Gasteiger charge is -2.09. The number of hydrogen-bond donors (Lipinski definition) is 0. The highest BCUT2D eigenvalue weighted by molar-refractivity contribution is 6.23. The summed E-state index contributed by atoms with van der Waals surface area (Å²) in [7, 11) is 0. The molecule has 0 spiro atoms. The largest absolute Gasteiger partial charge is 0.487 e. The molecule has 0 heterocycles. The molecule has 0 amide bonds. The smallest absolute Gasteiger partial charge is 0.208 e. The van der Waals surface area contributed by atoms with E-state index < -0.39 is 5.92 Å². The zero-order valence-electron chi connectivity index (χ0n) is 8.38. The standard InChI is InChI=1S/C10H14O3/c1-5(2)13-10-7(4)8(11)6(3)9(10)12/h5-6H,1-4H3. The van der Waals surface area contributed by atoms with E-state index in [1.807, 2.05) is 13.8 Å². The molecule has 3 nitrogen and oxygen atoms in total. The summed E-state index contributed by atoms with van der Waals surface area (Å²) in [5.41, 5.74) is 0.464. The van der Waals surface area contributed by atoms with Gasteiger partial charge in [0.25, 0.3) is 0 Å². The van der Waals surface area contributed by atoms with E-state index in [4.69, 9.17) is 4.74 Å². The highest BCUT2D eigenvalue weighted by atomic mass is 16.5. The van der Waals surface area contributed by atoms with Gasteiger partial charge in [-0.1, -0.05) is 0 Å². The molecule has 0 saturated heterocycles. The van der Waals surface area contributed by atoms with Crippen LogP contribution in [0, 0.1) is 5.92 Å². The molecule has 0 bridgehead atoms. The molecule has 1 aliphatic carbocycles. The molecule has 0 aliphatic heterocycles. The summed E-state index contributed by atoms with van der Waals surface area (Å²) in [6.07, 6.45) is -0.0630. The molecule has 1 rings (SSSR count). The van der Waals surface area contributed by atoms with Crippen LogP contribution in [-0.2, 0) is 14.3 Å². The molecular weight excluding hydrogens is 168 g/mol. The van der Waals surface area contributed by atoms with E-state index in [1.165, 1.54) is 0 Å². The van der Waals surface area contributed by atoms with Crippen molar-refractivity contribution in [1.82, 2.24) is 0 Å². The molecule has 13 heavy (non-hydrogen) atoms. The molecule has 0 saturated carbocycles. The zero-order valence-corrected chi connectivity index (χ0v) is 8.38. The van der Waals surface area contributed by atoms with Crippen molar-refractivity contribution in [3.8, 4) is 0 Å². The van der Waals surface area contributed by atoms with Crippen LogP contribution in [0.3, 0.4) is 0 Å². The zero-order chi connectivity index (χ0) is 10.2. The van der Waals surface area contributed by atoms with E-state index in [1.54, 1.807) is 13.8 Å². The van der Waals surface area contributed by atoms with Gasteiger partial charge in [0.2, 0.25) is 5.78 Å². The van der Waals surface area contributed by atoms with Crippen molar-refractivity contribution in [3.63, 3.8) is 0 Å². The summed E-state index contributed by atoms with van der Waals surface area (Å²) in [4.78, 5) is 22.8. The van der Waals surface area contributed by atoms with Crippen LogP contribution in [0.25, 0.3) is 0 Å². The first kappa shape index (κ1) is 9.96. The minimum Gasteiger partial charge on any atom is -0.487 e. The van der Waals surface area contributed by atoms with Crippen molar-refractivity contribution in [2.75, 3.05) is 0 Å². The third-order valence-corrected chi connectivity index (χ3v) is 2.07. The number of rotatable bonds is 2. The molecular formula is C10H14O3. The van der Waals surface area contributed by atoms with E-state index >= 15 is 0 Å². The van der Waals surface area contributed by atoms with Gasteiger partial charge in [-0.3, -0.25) is 9.59 Å². The number of Topliss-reactive ketones (excluding diaryl/α,β-unsaturated/α-hetero) is 2. The summed E-state index contributed by atoms with van der Waals surface area (Å²) in [6, 6.07) is 0. The average molecular weight is 182 g/mol. The second-order valence-corrected chi connectivity index (χ2v) is 3.57. The normalized spacial score (nSPS) is 23.3. The molecule has 3 heteroatoms. The first-order chi connectivity index (χ1) is 5.95. The minimum absolute atomic E-state index is 0.0630. The fourth-order valence-corrected chi connectivity index (χ4v) is 1.32. The molecule has 1 atom stereocenters. The van der Waals surface area contributed by atoms with E-state index in [2.05, 4.69) is 0 Å². The Hall–Kier alpha value is -1.12. The van der Waals surface area contributed by atoms with Gasteiger partial charge in [-0.05, 0) is 27.7 Å². The fourth-order valence-electron chi connectivity index (χ4n) is 1.32. The first-order valence-electron chi connectivity index (χ1n) is 4.41. The predicted octanol–water partition coefficient (Wildman–Crippen LogP) is 1.47. The van der Waals surface area contributed by atoms with Gasteiger partial charge in [0.15, 0.2) is 11.5 Å². The second-order valence-electron chi connectivity index (χ2n) is 3.57. The van der Waals surface area contributed by atoms with Gasteiger partial charge >= 0.3 is 0 Å². The van der Waals surface area contributed by atoms with Crippen molar-refractivity contribution in [2.45, 2.75) is 33.8 Å². The lowest BCUT2D eigenvalue weighted by Crippen LogP contribution is -2.15. The Bertz CT molecular complexity index is 287. The monoisotopic (exact) mass is 182 g/mol. The summed E-state index contributed by atoms with van der Waals surface area (Å²) < 4.78 is 5.29. The number of carbonyl (C=O) groups is 2. The SMILES string of the molecule is CC1=C(OC(C)C)C(=O)C(C)C1=O. The number of carbonyl (C=O) groups excluding carboxylic acids is 2. The van der Waals surface area contributed by atoms with Crippen LogP contribution in [0.1, 0.15) is 27.7 Å². The van der Waals surface area contributed by atoms with Gasteiger partial charge in [0.1, 0.15) is 0 Å². The van der Waals surface area contributed by atoms with Crippen LogP contribution in [0.4, 0.5) is 0 Å². The van der Waals surface area contributed by atoms with Gasteiger partial charge in [0, 0.05) is 5.57 Å². The van der Waals surface area contributed by atoms with Crippen LogP contribution in [0.2, 0.25) is 0 Å². The van der Waals surface area contributed by atoms with E-state index in [9.17, 15) is 9.59 Å². The van der Waals surface area contributed by atoms with Gasteiger partial charge < -0.3 is 4.74 Å². The van der Waals surface area contributed by atoms with Crippen molar-refractivity contribution < 1.29 is 14.3 Å². The predicted molar refractivity (Wildman–Crippen MR) is 48.1 cm³/mol. The van der Waals surface area contributed by atoms with Crippen molar-refractivity contribution >= 4 is 11.6 Å². The van der Waals surface area contributed by atoms with E-state index in [-0.39, 0.29) is 23.4 Å². The van der Waals surface area contributed by atoms with Crippen molar-refractivity contribution in [2.24, 2.45) is 5.92 Å². The quantitative estimate of drug-likeness (QED) is 0.607. The summed E-state index contributed by atoms with van der Waals surface area (Å²) in [5, 5.41) is 0. The van der Waals surface area contributed by atoms with Gasteiger partial charge in [-0.25, -0.2) is 0 Å². The molecule has 72 valence electrons. The van der Waals surface area contributed by atoms with Crippen LogP contribution in [0.5, 0.6) is 0 Å². The van der Waals surface area contributed by atoms with Crippen LogP contribution >= 0.6 is 0 Å². The van der Waals surface area contributed by atoms with Crippen LogP contribution in [0.15, 0.2) is 11.3 Å². The van der Waals surface area contributed by atoms with Gasteiger partial charge in [0.05, 0.1) is 12.0 Å². The number of allylic oxidation sites excluding steroid dienone is 2. The Labute approximate surface area is 77.8 Å². The lowest BCUT2D eigenvalue weighted by atomic mass is 10.1. The summed E-state index contributed by atoms with van der Waals surface area (Å²) in [5.74, 6) is -0.585. The summed E-state index contributed by atoms with van der Waals surface area (Å²) >= 11 is 0. The van der Waals surface area contributed by atoms with Crippen molar-refractivity contribution in [3.05, 3.63) is 11.3 Å². The molecule has 0 fully saturated rings. The molecule has 1 unspecified atom stereocenters. The molecule has 0 radical (unpaired) electrons. The van der Waals surface area contributed by atoms with Crippen LogP contribution < -0.4 is 0 Å². The summed E-state index contributed by atoms with van der Waals surface area (Å²) in [6.45, 7) is 6.92. The Morgan fingerprint density at radius 2 is 1.77 bits per heavy atom. The van der Waals surface area contributed by atoms with Crippen molar-refractivity contribution in [1.29, 1.82) is 0 Å². The maximum Gasteiger partial charge on any atom is 0.208 e. The third-order valence-electron chi connectivity index (χ3n) is 2.07. The average Bonchev–Trinajstić information content (AvgIpc) is 2.22. The Morgan fingerprint density at radius 3 is 2.08 bits per heavy atom. The van der Waals surface area contributed by atoms with E-state index in [0.29, 0.717) is 5.57 Å². The first-order valence-corrected chi connectivity index (χ1v) is 4.41. The van der Waals surface area contributed by atoms with Gasteiger partial charge in [-0.2, -0.15) is 0 Å². The maximum atomic E-state index is 11.5. The highest BCUT2D eigenvalue weighted by Crippen LogP contribution is 2.25. The number of hydrogen-bond acceptors (Lipinski definition) is 3. The fraction of sp³-hybridized carbons (Fsp3) is 0.600. The van der Waals surface area contributed by atoms with Gasteiger partial charge in [-0.15, -0.1) is 0 Å². The molecule has 0 N–H and O–H groups in total. The van der Waals surface area contributed by atoms with Crippen LogP contribution in [-0.4, -0.2) is 17.7 Å². The molecule has 0 aromatic rings. The highest BCUT2D eigenvalue weighted by Gasteiger charge is 2.37. The third kappa shape index (κ3) is 1.64. The Balaban J connectivity index is 2.94. The Kier molecular flexibility index (Phi) is 2.55. The Morgan fingerprint density at radius 1 is 1.23 bits per heavy atom. The lowest BCUT2D eigenvalue weighted by molar-refractivity contribution is -0.127. The number of ketones is 2. The maximum absolute atomic E-state index is 11.5. The topological polar surface area (TPSA) is 43.4 Å². The second kappa shape index (κ2) is 3.32. The molecule has 0 aromatic carbocycles. The molecule has 1 aliphatic rings. The van der Waals surface area contributed by atoms with E-state index in [0.717, 1.165) is 0 Å². The molecule has 0 aromatic heterocycles. The number of ether oxygens (including phenoxy) is 1. The minimum atomic E-state index is -0.547.